The van der Waals surface area contributed by atoms with E-state index in [0.29, 0.717) is 6.42 Å². The molecule has 14 heavy (non-hydrogen) atoms. The van der Waals surface area contributed by atoms with Crippen molar-refractivity contribution in [3.05, 3.63) is 0 Å². The summed E-state index contributed by atoms with van der Waals surface area (Å²) in [7, 11) is 1.12. The predicted octanol–water partition coefficient (Wildman–Crippen LogP) is 0.944. The van der Waals surface area contributed by atoms with Gasteiger partial charge in [-0.3, -0.25) is 9.59 Å². The largest absolute Gasteiger partial charge is 0.480 e. The summed E-state index contributed by atoms with van der Waals surface area (Å²) in [6, 6.07) is 1.71. The first-order valence-corrected chi connectivity index (χ1v) is 4.24. The number of ether oxygens (including phenoxy) is 1. The van der Waals surface area contributed by atoms with Crippen LogP contribution in [-0.2, 0) is 14.3 Å². The number of esters is 1. The highest BCUT2D eigenvalue weighted by atomic mass is 16.5. The van der Waals surface area contributed by atoms with Gasteiger partial charge in [-0.25, -0.2) is 0 Å². The maximum absolute atomic E-state index is 11.3. The lowest BCUT2D eigenvalue weighted by Crippen LogP contribution is -2.40. The van der Waals surface area contributed by atoms with Gasteiger partial charge in [0.25, 0.3) is 0 Å². The fourth-order valence-corrected chi connectivity index (χ4v) is 1.29. The maximum Gasteiger partial charge on any atom is 0.324 e. The zero-order valence-corrected chi connectivity index (χ0v) is 8.24. The molecule has 0 aromatic rings. The van der Waals surface area contributed by atoms with Gasteiger partial charge in [0.1, 0.15) is 0 Å². The topological polar surface area (TPSA) is 87.4 Å². The molecule has 0 aliphatic heterocycles. The molecule has 0 heterocycles. The zero-order chi connectivity index (χ0) is 11.2. The molecule has 0 aliphatic carbocycles. The van der Waals surface area contributed by atoms with Crippen molar-refractivity contribution in [2.75, 3.05) is 7.11 Å². The lowest BCUT2D eigenvalue weighted by Gasteiger charge is -2.22. The Labute approximate surface area is 82.3 Å². The number of carboxylic acid groups (broad SMARTS) is 1. The molecule has 0 saturated heterocycles. The van der Waals surface area contributed by atoms with Crippen LogP contribution in [0, 0.1) is 16.7 Å². The minimum Gasteiger partial charge on any atom is -0.480 e. The van der Waals surface area contributed by atoms with Crippen molar-refractivity contribution in [1.29, 1.82) is 5.26 Å². The molecule has 0 aliphatic rings. The number of rotatable bonds is 5. The average Bonchev–Trinajstić information content (AvgIpc) is 2.15. The molecule has 1 N–H and O–H groups in total. The van der Waals surface area contributed by atoms with Crippen LogP contribution in [-0.4, -0.2) is 24.2 Å². The van der Waals surface area contributed by atoms with Gasteiger partial charge in [-0.2, -0.15) is 5.26 Å². The zero-order valence-electron chi connectivity index (χ0n) is 8.24. The van der Waals surface area contributed by atoms with Gasteiger partial charge in [0.05, 0.1) is 19.6 Å². The first kappa shape index (κ1) is 12.4. The quantitative estimate of drug-likeness (QED) is 0.526. The number of methoxy groups -OCH3 is 1. The van der Waals surface area contributed by atoms with Gasteiger partial charge in [-0.15, -0.1) is 0 Å². The summed E-state index contributed by atoms with van der Waals surface area (Å²) in [5.41, 5.74) is -1.70. The standard InChI is InChI=1S/C9H13NO4/c1-3-4-9(5-6-10,7(11)12)8(13)14-2/h3-5H2,1-2H3,(H,11,12). The Kier molecular flexibility index (Phi) is 4.64. The molecule has 0 amide bonds. The van der Waals surface area contributed by atoms with Gasteiger partial charge in [0.2, 0.25) is 0 Å². The van der Waals surface area contributed by atoms with Crippen LogP contribution in [0.25, 0.3) is 0 Å². The van der Waals surface area contributed by atoms with E-state index in [1.807, 2.05) is 0 Å². The third-order valence-corrected chi connectivity index (χ3v) is 2.04. The minimum absolute atomic E-state index is 0.114. The molecule has 5 nitrogen and oxygen atoms in total. The molecule has 78 valence electrons. The number of nitriles is 1. The summed E-state index contributed by atoms with van der Waals surface area (Å²) in [6.07, 6.45) is 0.258. The van der Waals surface area contributed by atoms with Crippen LogP contribution in [0.15, 0.2) is 0 Å². The Hall–Kier alpha value is -1.57. The highest BCUT2D eigenvalue weighted by Crippen LogP contribution is 2.29. The van der Waals surface area contributed by atoms with Crippen LogP contribution in [0.1, 0.15) is 26.2 Å². The number of nitrogens with zero attached hydrogens (tertiary/aromatic N) is 1. The first-order valence-electron chi connectivity index (χ1n) is 4.24. The molecule has 0 rings (SSSR count). The smallest absolute Gasteiger partial charge is 0.324 e. The summed E-state index contributed by atoms with van der Waals surface area (Å²) in [5.74, 6) is -2.15. The second-order valence-electron chi connectivity index (χ2n) is 2.96. The highest BCUT2D eigenvalue weighted by molar-refractivity contribution is 5.99. The van der Waals surface area contributed by atoms with E-state index >= 15 is 0 Å². The molecule has 1 atom stereocenters. The molecule has 0 bridgehead atoms. The number of carboxylic acids is 1. The van der Waals surface area contributed by atoms with E-state index in [2.05, 4.69) is 4.74 Å². The number of carbonyl (C=O) groups is 2. The van der Waals surface area contributed by atoms with Gasteiger partial charge in [-0.1, -0.05) is 13.3 Å². The van der Waals surface area contributed by atoms with Crippen molar-refractivity contribution in [1.82, 2.24) is 0 Å². The van der Waals surface area contributed by atoms with Crippen molar-refractivity contribution in [2.24, 2.45) is 5.41 Å². The summed E-state index contributed by atoms with van der Waals surface area (Å²) < 4.78 is 4.41. The molecule has 0 saturated carbocycles. The summed E-state index contributed by atoms with van der Waals surface area (Å²) in [5, 5.41) is 17.4. The van der Waals surface area contributed by atoms with Crippen molar-refractivity contribution < 1.29 is 19.4 Å². The normalized spacial score (nSPS) is 13.8. The van der Waals surface area contributed by atoms with Crippen LogP contribution in [0.5, 0.6) is 0 Å². The SMILES string of the molecule is CCCC(CC#N)(C(=O)O)C(=O)OC. The summed E-state index contributed by atoms with van der Waals surface area (Å²) in [4.78, 5) is 22.3. The molecule has 0 spiro atoms. The highest BCUT2D eigenvalue weighted by Gasteiger charge is 2.46. The third-order valence-electron chi connectivity index (χ3n) is 2.04. The van der Waals surface area contributed by atoms with E-state index in [4.69, 9.17) is 10.4 Å². The van der Waals surface area contributed by atoms with Crippen molar-refractivity contribution >= 4 is 11.9 Å². The number of carbonyl (C=O) groups excluding carboxylic acids is 1. The monoisotopic (exact) mass is 199 g/mol. The van der Waals surface area contributed by atoms with Crippen LogP contribution in [0.3, 0.4) is 0 Å². The third kappa shape index (κ3) is 2.22. The molecule has 1 unspecified atom stereocenters. The number of hydrogen-bond acceptors (Lipinski definition) is 4. The van der Waals surface area contributed by atoms with Gasteiger partial charge >= 0.3 is 11.9 Å². The molecular weight excluding hydrogens is 186 g/mol. The van der Waals surface area contributed by atoms with Crippen molar-refractivity contribution in [3.63, 3.8) is 0 Å². The first-order chi connectivity index (χ1) is 6.55. The Bertz CT molecular complexity index is 268. The molecular formula is C9H13NO4. The van der Waals surface area contributed by atoms with Gasteiger partial charge in [0, 0.05) is 0 Å². The fourth-order valence-electron chi connectivity index (χ4n) is 1.29. The van der Waals surface area contributed by atoms with Crippen molar-refractivity contribution in [2.45, 2.75) is 26.2 Å². The Morgan fingerprint density at radius 3 is 2.43 bits per heavy atom. The molecule has 0 aromatic heterocycles. The Balaban J connectivity index is 5.05. The lowest BCUT2D eigenvalue weighted by molar-refractivity contribution is -0.167. The summed E-state index contributed by atoms with van der Waals surface area (Å²) >= 11 is 0. The number of hydrogen-bond donors (Lipinski definition) is 1. The molecule has 0 aromatic carbocycles. The van der Waals surface area contributed by atoms with Crippen molar-refractivity contribution in [3.8, 4) is 6.07 Å². The minimum atomic E-state index is -1.70. The summed E-state index contributed by atoms with van der Waals surface area (Å²) in [6.45, 7) is 1.75. The second kappa shape index (κ2) is 5.22. The van der Waals surface area contributed by atoms with E-state index in [1.165, 1.54) is 0 Å². The van der Waals surface area contributed by atoms with E-state index in [-0.39, 0.29) is 12.8 Å². The molecule has 5 heteroatoms. The maximum atomic E-state index is 11.3. The van der Waals surface area contributed by atoms with Crippen LogP contribution < -0.4 is 0 Å². The fraction of sp³-hybridized carbons (Fsp3) is 0.667. The van der Waals surface area contributed by atoms with Crippen LogP contribution in [0.4, 0.5) is 0 Å². The lowest BCUT2D eigenvalue weighted by atomic mass is 9.81. The van der Waals surface area contributed by atoms with E-state index in [9.17, 15) is 9.59 Å². The molecule has 0 radical (unpaired) electrons. The van der Waals surface area contributed by atoms with E-state index in [1.54, 1.807) is 13.0 Å². The van der Waals surface area contributed by atoms with E-state index in [0.717, 1.165) is 7.11 Å². The average molecular weight is 199 g/mol. The van der Waals surface area contributed by atoms with Gasteiger partial charge in [0.15, 0.2) is 5.41 Å². The second-order valence-corrected chi connectivity index (χ2v) is 2.96. The molecule has 0 fully saturated rings. The van der Waals surface area contributed by atoms with Gasteiger partial charge in [-0.05, 0) is 6.42 Å². The van der Waals surface area contributed by atoms with E-state index < -0.39 is 17.4 Å². The van der Waals surface area contributed by atoms with Crippen LogP contribution >= 0.6 is 0 Å². The van der Waals surface area contributed by atoms with Crippen LogP contribution in [0.2, 0.25) is 0 Å². The Morgan fingerprint density at radius 1 is 1.57 bits per heavy atom. The van der Waals surface area contributed by atoms with Gasteiger partial charge < -0.3 is 9.84 Å². The number of aliphatic carboxylic acids is 1. The predicted molar refractivity (Wildman–Crippen MR) is 47.2 cm³/mol. The Morgan fingerprint density at radius 2 is 2.14 bits per heavy atom.